The van der Waals surface area contributed by atoms with Gasteiger partial charge in [0.05, 0.1) is 6.20 Å². The van der Waals surface area contributed by atoms with E-state index in [9.17, 15) is 0 Å². The fourth-order valence-corrected chi connectivity index (χ4v) is 5.15. The molecule has 0 radical (unpaired) electrons. The lowest BCUT2D eigenvalue weighted by Crippen LogP contribution is -2.40. The van der Waals surface area contributed by atoms with Gasteiger partial charge in [-0.1, -0.05) is 49.7 Å². The van der Waals surface area contributed by atoms with Crippen molar-refractivity contribution in [3.8, 4) is 11.3 Å². The molecule has 0 saturated carbocycles. The summed E-state index contributed by atoms with van der Waals surface area (Å²) in [6.45, 7) is 8.81. The maximum absolute atomic E-state index is 6.15. The third-order valence-corrected chi connectivity index (χ3v) is 7.35. The van der Waals surface area contributed by atoms with Crippen molar-refractivity contribution in [3.05, 3.63) is 71.4 Å². The smallest absolute Gasteiger partial charge is 0.230 e. The van der Waals surface area contributed by atoms with Crippen molar-refractivity contribution in [2.75, 3.05) is 23.3 Å². The van der Waals surface area contributed by atoms with E-state index in [1.54, 1.807) is 0 Å². The van der Waals surface area contributed by atoms with Gasteiger partial charge in [-0.3, -0.25) is 0 Å². The van der Waals surface area contributed by atoms with Gasteiger partial charge in [-0.05, 0) is 49.4 Å². The standard InChI is InChI=1S/C29H34N8/c1-18(2)24-17-32-37-27(24)34-29(36-12-10-22(30)11-13-36)35-28(37)31-16-20-6-4-5-7-23(20)26-15-21-14-19(3)8-9-25(21)33-26/h4-9,14-15,17-18,22,33H,10-13,16,30H2,1-3H3,(H,31,34,35). The molecule has 5 aromatic rings. The number of rotatable bonds is 6. The number of hydrogen-bond donors (Lipinski definition) is 3. The summed E-state index contributed by atoms with van der Waals surface area (Å²) in [5, 5.41) is 9.46. The van der Waals surface area contributed by atoms with Gasteiger partial charge in [-0.25, -0.2) is 0 Å². The Balaban J connectivity index is 1.35. The second-order valence-electron chi connectivity index (χ2n) is 10.4. The van der Waals surface area contributed by atoms with Gasteiger partial charge in [0, 0.05) is 53.4 Å². The van der Waals surface area contributed by atoms with E-state index < -0.39 is 0 Å². The summed E-state index contributed by atoms with van der Waals surface area (Å²) in [5.41, 5.74) is 14.0. The van der Waals surface area contributed by atoms with Gasteiger partial charge in [-0.15, -0.1) is 0 Å². The zero-order valence-electron chi connectivity index (χ0n) is 21.7. The van der Waals surface area contributed by atoms with Crippen molar-refractivity contribution in [1.29, 1.82) is 0 Å². The number of H-pyrrole nitrogens is 1. The lowest BCUT2D eigenvalue weighted by atomic mass is 10.0. The SMILES string of the molecule is Cc1ccc2[nH]c(-c3ccccc3CNc3nc(N4CCC(N)CC4)nc4c(C(C)C)cnn34)cc2c1. The number of nitrogens with zero attached hydrogens (tertiary/aromatic N) is 5. The summed E-state index contributed by atoms with van der Waals surface area (Å²) in [7, 11) is 0. The van der Waals surface area contributed by atoms with Gasteiger partial charge in [0.2, 0.25) is 11.9 Å². The number of anilines is 2. The first-order valence-corrected chi connectivity index (χ1v) is 13.1. The van der Waals surface area contributed by atoms with Crippen molar-refractivity contribution in [2.24, 2.45) is 5.73 Å². The molecule has 1 aliphatic heterocycles. The number of nitrogens with one attached hydrogen (secondary N) is 2. The van der Waals surface area contributed by atoms with E-state index in [1.807, 2.05) is 10.7 Å². The lowest BCUT2D eigenvalue weighted by molar-refractivity contribution is 0.495. The Morgan fingerprint density at radius 3 is 2.70 bits per heavy atom. The molecule has 2 aromatic carbocycles. The number of piperidine rings is 1. The maximum atomic E-state index is 6.15. The molecule has 1 aliphatic rings. The monoisotopic (exact) mass is 494 g/mol. The molecule has 8 nitrogen and oxygen atoms in total. The fourth-order valence-electron chi connectivity index (χ4n) is 5.15. The van der Waals surface area contributed by atoms with Crippen LogP contribution in [0, 0.1) is 6.92 Å². The Bertz CT molecular complexity index is 1560. The molecule has 8 heteroatoms. The number of aryl methyl sites for hydroxylation is 1. The predicted octanol–water partition coefficient (Wildman–Crippen LogP) is 5.24. The van der Waals surface area contributed by atoms with E-state index >= 15 is 0 Å². The first-order valence-electron chi connectivity index (χ1n) is 13.1. The zero-order valence-corrected chi connectivity index (χ0v) is 21.7. The molecule has 3 aromatic heterocycles. The first kappa shape index (κ1) is 23.5. The summed E-state index contributed by atoms with van der Waals surface area (Å²) in [6, 6.07) is 17.5. The molecule has 0 spiro atoms. The summed E-state index contributed by atoms with van der Waals surface area (Å²) >= 11 is 0. The van der Waals surface area contributed by atoms with Gasteiger partial charge >= 0.3 is 0 Å². The number of fused-ring (bicyclic) bond motifs is 2. The van der Waals surface area contributed by atoms with Crippen molar-refractivity contribution >= 4 is 28.4 Å². The van der Waals surface area contributed by atoms with Crippen molar-refractivity contribution < 1.29 is 0 Å². The fraction of sp³-hybridized carbons (Fsp3) is 0.345. The van der Waals surface area contributed by atoms with Gasteiger partial charge in [0.15, 0.2) is 5.65 Å². The third-order valence-electron chi connectivity index (χ3n) is 7.35. The van der Waals surface area contributed by atoms with Crippen LogP contribution in [0.15, 0.2) is 54.7 Å². The van der Waals surface area contributed by atoms with Gasteiger partial charge < -0.3 is 20.9 Å². The van der Waals surface area contributed by atoms with Gasteiger partial charge in [-0.2, -0.15) is 19.6 Å². The summed E-state index contributed by atoms with van der Waals surface area (Å²) in [5.74, 6) is 1.75. The Hall–Kier alpha value is -3.91. The minimum Gasteiger partial charge on any atom is -0.355 e. The molecule has 190 valence electrons. The van der Waals surface area contributed by atoms with Gasteiger partial charge in [0.1, 0.15) is 0 Å². The highest BCUT2D eigenvalue weighted by Gasteiger charge is 2.22. The second-order valence-corrected chi connectivity index (χ2v) is 10.4. The van der Waals surface area contributed by atoms with Crippen LogP contribution in [0.3, 0.4) is 0 Å². The number of nitrogens with two attached hydrogens (primary N) is 1. The van der Waals surface area contributed by atoms with Crippen LogP contribution in [0.25, 0.3) is 27.8 Å². The number of aromatic amines is 1. The van der Waals surface area contributed by atoms with Crippen molar-refractivity contribution in [1.82, 2.24) is 24.6 Å². The third kappa shape index (κ3) is 4.53. The molecule has 4 N–H and O–H groups in total. The van der Waals surface area contributed by atoms with Crippen LogP contribution in [0.2, 0.25) is 0 Å². The highest BCUT2D eigenvalue weighted by molar-refractivity contribution is 5.87. The predicted molar refractivity (Wildman–Crippen MR) is 150 cm³/mol. The molecule has 0 aliphatic carbocycles. The Morgan fingerprint density at radius 1 is 1.08 bits per heavy atom. The average Bonchev–Trinajstić information content (AvgIpc) is 3.52. The van der Waals surface area contributed by atoms with Crippen LogP contribution in [-0.4, -0.2) is 43.7 Å². The minimum absolute atomic E-state index is 0.254. The minimum atomic E-state index is 0.254. The molecule has 6 rings (SSSR count). The molecule has 0 unspecified atom stereocenters. The maximum Gasteiger partial charge on any atom is 0.230 e. The summed E-state index contributed by atoms with van der Waals surface area (Å²) < 4.78 is 1.84. The molecule has 1 fully saturated rings. The van der Waals surface area contributed by atoms with Crippen LogP contribution in [0.4, 0.5) is 11.9 Å². The van der Waals surface area contributed by atoms with Crippen LogP contribution in [-0.2, 0) is 6.54 Å². The number of aromatic nitrogens is 5. The molecule has 0 amide bonds. The van der Waals surface area contributed by atoms with E-state index in [-0.39, 0.29) is 6.04 Å². The Morgan fingerprint density at radius 2 is 1.89 bits per heavy atom. The van der Waals surface area contributed by atoms with Crippen LogP contribution < -0.4 is 16.0 Å². The van der Waals surface area contributed by atoms with Gasteiger partial charge in [0.25, 0.3) is 0 Å². The summed E-state index contributed by atoms with van der Waals surface area (Å²) in [4.78, 5) is 15.7. The van der Waals surface area contributed by atoms with Crippen LogP contribution in [0.5, 0.6) is 0 Å². The molecular weight excluding hydrogens is 460 g/mol. The van der Waals surface area contributed by atoms with Crippen LogP contribution >= 0.6 is 0 Å². The lowest BCUT2D eigenvalue weighted by Gasteiger charge is -2.30. The Labute approximate surface area is 216 Å². The first-order chi connectivity index (χ1) is 18.0. The molecule has 37 heavy (non-hydrogen) atoms. The number of benzene rings is 2. The molecule has 4 heterocycles. The average molecular weight is 495 g/mol. The normalized spacial score (nSPS) is 14.8. The number of hydrogen-bond acceptors (Lipinski definition) is 6. The van der Waals surface area contributed by atoms with E-state index in [2.05, 4.69) is 89.6 Å². The molecule has 0 atom stereocenters. The van der Waals surface area contributed by atoms with Crippen molar-refractivity contribution in [2.45, 2.75) is 52.1 Å². The van der Waals surface area contributed by atoms with Crippen LogP contribution in [0.1, 0.15) is 49.3 Å². The largest absolute Gasteiger partial charge is 0.355 e. The summed E-state index contributed by atoms with van der Waals surface area (Å²) in [6.07, 6.45) is 3.81. The van der Waals surface area contributed by atoms with E-state index in [4.69, 9.17) is 15.7 Å². The quantitative estimate of drug-likeness (QED) is 0.298. The van der Waals surface area contributed by atoms with E-state index in [1.165, 1.54) is 22.1 Å². The van der Waals surface area contributed by atoms with E-state index in [0.29, 0.717) is 18.4 Å². The highest BCUT2D eigenvalue weighted by atomic mass is 15.4. The van der Waals surface area contributed by atoms with Crippen molar-refractivity contribution in [3.63, 3.8) is 0 Å². The second kappa shape index (κ2) is 9.52. The zero-order chi connectivity index (χ0) is 25.5. The molecular formula is C29H34N8. The molecule has 1 saturated heterocycles. The topological polar surface area (TPSA) is 100 Å². The van der Waals surface area contributed by atoms with E-state index in [0.717, 1.165) is 54.3 Å². The molecule has 0 bridgehead atoms. The highest BCUT2D eigenvalue weighted by Crippen LogP contribution is 2.29. The Kier molecular flexibility index (Phi) is 6.04.